The zero-order valence-corrected chi connectivity index (χ0v) is 12.2. The molecule has 1 fully saturated rings. The second-order valence-corrected chi connectivity index (χ2v) is 5.73. The smallest absolute Gasteiger partial charge is 0.415 e. The second-order valence-electron chi connectivity index (χ2n) is 4.88. The molecule has 1 heterocycles. The summed E-state index contributed by atoms with van der Waals surface area (Å²) in [6.45, 7) is 4.97. The maximum Gasteiger partial charge on any atom is 0.415 e. The molecule has 2 N–H and O–H groups in total. The number of carbonyl (C=O) groups excluding carboxylic acids is 1. The molecule has 1 aliphatic rings. The third-order valence-corrected chi connectivity index (χ3v) is 4.06. The number of halogens is 1. The number of nitrogens with two attached hydrogens (primary N) is 1. The average molecular weight is 313 g/mol. The summed E-state index contributed by atoms with van der Waals surface area (Å²) in [4.78, 5) is 13.6. The van der Waals surface area contributed by atoms with Crippen molar-refractivity contribution in [2.45, 2.75) is 25.9 Å². The fourth-order valence-electron chi connectivity index (χ4n) is 2.13. The van der Waals surface area contributed by atoms with Gasteiger partial charge in [-0.3, -0.25) is 4.90 Å². The number of aryl methyl sites for hydroxylation is 1. The Bertz CT molecular complexity index is 478. The Morgan fingerprint density at radius 2 is 2.28 bits per heavy atom. The summed E-state index contributed by atoms with van der Waals surface area (Å²) in [6, 6.07) is 5.82. The largest absolute Gasteiger partial charge is 0.441 e. The van der Waals surface area contributed by atoms with E-state index < -0.39 is 5.60 Å². The van der Waals surface area contributed by atoms with E-state index in [1.807, 2.05) is 32.0 Å². The predicted octanol–water partition coefficient (Wildman–Crippen LogP) is 2.82. The highest BCUT2D eigenvalue weighted by molar-refractivity contribution is 9.10. The third kappa shape index (κ3) is 2.52. The first-order valence-electron chi connectivity index (χ1n) is 5.92. The summed E-state index contributed by atoms with van der Waals surface area (Å²) in [5, 5.41) is 0. The Balaban J connectivity index is 2.24. The molecule has 2 rings (SSSR count). The first-order chi connectivity index (χ1) is 8.45. The first kappa shape index (κ1) is 13.4. The summed E-state index contributed by atoms with van der Waals surface area (Å²) in [7, 11) is 0. The molecule has 1 saturated heterocycles. The molecule has 5 heteroatoms. The van der Waals surface area contributed by atoms with Gasteiger partial charge in [-0.25, -0.2) is 4.79 Å². The van der Waals surface area contributed by atoms with Crippen LogP contribution >= 0.6 is 15.9 Å². The highest BCUT2D eigenvalue weighted by Gasteiger charge is 2.41. The number of rotatable bonds is 3. The van der Waals surface area contributed by atoms with Gasteiger partial charge in [-0.1, -0.05) is 15.9 Å². The van der Waals surface area contributed by atoms with Crippen LogP contribution in [0, 0.1) is 6.92 Å². The van der Waals surface area contributed by atoms with E-state index in [1.54, 1.807) is 4.90 Å². The zero-order valence-electron chi connectivity index (χ0n) is 10.6. The Morgan fingerprint density at radius 3 is 2.89 bits per heavy atom. The van der Waals surface area contributed by atoms with Crippen LogP contribution in [0.4, 0.5) is 10.5 Å². The Kier molecular flexibility index (Phi) is 3.64. The summed E-state index contributed by atoms with van der Waals surface area (Å²) in [5.74, 6) is 0. The van der Waals surface area contributed by atoms with Gasteiger partial charge >= 0.3 is 6.09 Å². The van der Waals surface area contributed by atoms with Gasteiger partial charge in [0.25, 0.3) is 0 Å². The van der Waals surface area contributed by atoms with Crippen molar-refractivity contribution in [3.8, 4) is 0 Å². The van der Waals surface area contributed by atoms with Crippen LogP contribution in [0.25, 0.3) is 0 Å². The van der Waals surface area contributed by atoms with E-state index in [9.17, 15) is 4.79 Å². The monoisotopic (exact) mass is 312 g/mol. The molecule has 18 heavy (non-hydrogen) atoms. The van der Waals surface area contributed by atoms with E-state index in [0.717, 1.165) is 15.7 Å². The molecule has 1 atom stereocenters. The van der Waals surface area contributed by atoms with E-state index in [2.05, 4.69) is 15.9 Å². The Labute approximate surface area is 115 Å². The number of nitrogens with zero attached hydrogens (tertiary/aromatic N) is 1. The standard InChI is InChI=1S/C13H17BrN2O2/c1-9-7-10(3-4-11(9)14)16-8-13(2,5-6-15)18-12(16)17/h3-4,7H,5-6,8,15H2,1-2H3. The molecule has 0 saturated carbocycles. The van der Waals surface area contributed by atoms with Crippen molar-refractivity contribution in [2.24, 2.45) is 5.73 Å². The molecular weight excluding hydrogens is 296 g/mol. The fourth-order valence-corrected chi connectivity index (χ4v) is 2.37. The molecule has 0 aliphatic carbocycles. The van der Waals surface area contributed by atoms with Gasteiger partial charge in [0.05, 0.1) is 6.54 Å². The summed E-state index contributed by atoms with van der Waals surface area (Å²) in [6.07, 6.45) is 0.373. The predicted molar refractivity (Wildman–Crippen MR) is 74.8 cm³/mol. The Morgan fingerprint density at radius 1 is 1.56 bits per heavy atom. The SMILES string of the molecule is Cc1cc(N2CC(C)(CCN)OC2=O)ccc1Br. The number of carbonyl (C=O) groups is 1. The van der Waals surface area contributed by atoms with Crippen molar-refractivity contribution in [2.75, 3.05) is 18.0 Å². The molecule has 1 aromatic carbocycles. The van der Waals surface area contributed by atoms with E-state index in [0.29, 0.717) is 19.5 Å². The Hall–Kier alpha value is -1.07. The van der Waals surface area contributed by atoms with Gasteiger partial charge in [0.2, 0.25) is 0 Å². The average Bonchev–Trinajstić information content (AvgIpc) is 2.59. The summed E-state index contributed by atoms with van der Waals surface area (Å²) in [5.41, 5.74) is 7.02. The van der Waals surface area contributed by atoms with Gasteiger partial charge in [0.1, 0.15) is 5.60 Å². The number of benzene rings is 1. The van der Waals surface area contributed by atoms with Gasteiger partial charge < -0.3 is 10.5 Å². The van der Waals surface area contributed by atoms with Crippen LogP contribution in [-0.2, 0) is 4.74 Å². The minimum atomic E-state index is -0.479. The number of ether oxygens (including phenoxy) is 1. The normalized spacial score (nSPS) is 23.3. The lowest BCUT2D eigenvalue weighted by Crippen LogP contribution is -2.33. The van der Waals surface area contributed by atoms with Gasteiger partial charge in [-0.2, -0.15) is 0 Å². The highest BCUT2D eigenvalue weighted by atomic mass is 79.9. The first-order valence-corrected chi connectivity index (χ1v) is 6.71. The minimum absolute atomic E-state index is 0.298. The van der Waals surface area contributed by atoms with Crippen LogP contribution < -0.4 is 10.6 Å². The van der Waals surface area contributed by atoms with E-state index >= 15 is 0 Å². The molecule has 4 nitrogen and oxygen atoms in total. The summed E-state index contributed by atoms with van der Waals surface area (Å²) < 4.78 is 6.45. The molecule has 0 spiro atoms. The van der Waals surface area contributed by atoms with E-state index in [4.69, 9.17) is 10.5 Å². The number of amides is 1. The molecule has 0 aromatic heterocycles. The number of anilines is 1. The van der Waals surface area contributed by atoms with Crippen LogP contribution in [0.3, 0.4) is 0 Å². The van der Waals surface area contributed by atoms with Crippen LogP contribution in [-0.4, -0.2) is 24.8 Å². The molecule has 1 aliphatic heterocycles. The lowest BCUT2D eigenvalue weighted by Gasteiger charge is -2.20. The van der Waals surface area contributed by atoms with E-state index in [-0.39, 0.29) is 6.09 Å². The maximum absolute atomic E-state index is 11.9. The van der Waals surface area contributed by atoms with Crippen molar-refractivity contribution in [1.82, 2.24) is 0 Å². The zero-order chi connectivity index (χ0) is 13.3. The number of cyclic esters (lactones) is 1. The molecule has 98 valence electrons. The van der Waals surface area contributed by atoms with Crippen molar-refractivity contribution in [3.63, 3.8) is 0 Å². The van der Waals surface area contributed by atoms with Gasteiger partial charge in [0.15, 0.2) is 0 Å². The van der Waals surface area contributed by atoms with Gasteiger partial charge in [0, 0.05) is 16.6 Å². The quantitative estimate of drug-likeness (QED) is 0.933. The van der Waals surface area contributed by atoms with Crippen molar-refractivity contribution in [3.05, 3.63) is 28.2 Å². The molecule has 1 aromatic rings. The number of hydrogen-bond donors (Lipinski definition) is 1. The fraction of sp³-hybridized carbons (Fsp3) is 0.462. The molecule has 1 amide bonds. The lowest BCUT2D eigenvalue weighted by molar-refractivity contribution is 0.0672. The van der Waals surface area contributed by atoms with Crippen molar-refractivity contribution < 1.29 is 9.53 Å². The second kappa shape index (κ2) is 4.90. The van der Waals surface area contributed by atoms with Crippen LogP contribution in [0.5, 0.6) is 0 Å². The van der Waals surface area contributed by atoms with Crippen molar-refractivity contribution >= 4 is 27.7 Å². The van der Waals surface area contributed by atoms with Crippen LogP contribution in [0.1, 0.15) is 18.9 Å². The molecule has 1 unspecified atom stereocenters. The van der Waals surface area contributed by atoms with E-state index in [1.165, 1.54) is 0 Å². The lowest BCUT2D eigenvalue weighted by atomic mass is 10.0. The molecular formula is C13H17BrN2O2. The minimum Gasteiger partial charge on any atom is -0.441 e. The third-order valence-electron chi connectivity index (χ3n) is 3.17. The molecule has 0 radical (unpaired) electrons. The van der Waals surface area contributed by atoms with Gasteiger partial charge in [-0.15, -0.1) is 0 Å². The topological polar surface area (TPSA) is 55.6 Å². The molecule has 0 bridgehead atoms. The maximum atomic E-state index is 11.9. The highest BCUT2D eigenvalue weighted by Crippen LogP contribution is 2.31. The van der Waals surface area contributed by atoms with Crippen LogP contribution in [0.15, 0.2) is 22.7 Å². The van der Waals surface area contributed by atoms with Gasteiger partial charge in [-0.05, 0) is 44.2 Å². The van der Waals surface area contributed by atoms with Crippen LogP contribution in [0.2, 0.25) is 0 Å². The number of hydrogen-bond acceptors (Lipinski definition) is 3. The van der Waals surface area contributed by atoms with Crippen molar-refractivity contribution in [1.29, 1.82) is 0 Å². The summed E-state index contributed by atoms with van der Waals surface area (Å²) >= 11 is 3.45.